The van der Waals surface area contributed by atoms with Crippen molar-refractivity contribution in [3.05, 3.63) is 47.5 Å². The van der Waals surface area contributed by atoms with Gasteiger partial charge >= 0.3 is 0 Å². The third-order valence-electron chi connectivity index (χ3n) is 3.13. The number of nitrogens with one attached hydrogen (secondary N) is 1. The monoisotopic (exact) mass is 261 g/mol. The van der Waals surface area contributed by atoms with E-state index in [-0.39, 0.29) is 11.9 Å². The molecule has 1 atom stereocenters. The molecular weight excluding hydrogens is 241 g/mol. The van der Waals surface area contributed by atoms with Crippen LogP contribution in [0.25, 0.3) is 0 Å². The molecular formula is C15H20FN3. The van der Waals surface area contributed by atoms with Gasteiger partial charge in [-0.15, -0.1) is 0 Å². The minimum Gasteiger partial charge on any atom is -0.379 e. The Hall–Kier alpha value is -1.84. The van der Waals surface area contributed by atoms with E-state index in [1.807, 2.05) is 25.4 Å². The van der Waals surface area contributed by atoms with Crippen LogP contribution in [0, 0.1) is 5.82 Å². The molecule has 1 N–H and O–H groups in total. The molecule has 0 fully saturated rings. The van der Waals surface area contributed by atoms with Crippen molar-refractivity contribution in [3.8, 4) is 0 Å². The molecule has 0 saturated heterocycles. The van der Waals surface area contributed by atoms with Gasteiger partial charge in [0.1, 0.15) is 5.82 Å². The summed E-state index contributed by atoms with van der Waals surface area (Å²) >= 11 is 0. The highest BCUT2D eigenvalue weighted by Crippen LogP contribution is 2.17. The molecule has 0 radical (unpaired) electrons. The average Bonchev–Trinajstić information content (AvgIpc) is 2.72. The van der Waals surface area contributed by atoms with Crippen LogP contribution in [0.15, 0.2) is 30.5 Å². The summed E-state index contributed by atoms with van der Waals surface area (Å²) in [6, 6.07) is 7.08. The third kappa shape index (κ3) is 3.34. The van der Waals surface area contributed by atoms with E-state index in [2.05, 4.69) is 24.3 Å². The van der Waals surface area contributed by atoms with Gasteiger partial charge < -0.3 is 5.32 Å². The first kappa shape index (κ1) is 13.6. The number of benzene rings is 1. The SMILES string of the molecule is CCc1nn(C)cc1NC(C)Cc1ccccc1F. The smallest absolute Gasteiger partial charge is 0.126 e. The zero-order valence-corrected chi connectivity index (χ0v) is 11.7. The number of aryl methyl sites for hydroxylation is 2. The van der Waals surface area contributed by atoms with E-state index in [1.165, 1.54) is 6.07 Å². The second-order valence-corrected chi connectivity index (χ2v) is 4.86. The van der Waals surface area contributed by atoms with Crippen molar-refractivity contribution in [1.29, 1.82) is 0 Å². The van der Waals surface area contributed by atoms with Gasteiger partial charge in [-0.25, -0.2) is 4.39 Å². The van der Waals surface area contributed by atoms with Crippen LogP contribution in [0.5, 0.6) is 0 Å². The summed E-state index contributed by atoms with van der Waals surface area (Å²) in [7, 11) is 1.91. The number of rotatable bonds is 5. The van der Waals surface area contributed by atoms with Crippen molar-refractivity contribution in [2.24, 2.45) is 7.05 Å². The van der Waals surface area contributed by atoms with Crippen LogP contribution in [0.4, 0.5) is 10.1 Å². The van der Waals surface area contributed by atoms with E-state index in [0.717, 1.165) is 23.4 Å². The molecule has 0 aliphatic carbocycles. The summed E-state index contributed by atoms with van der Waals surface area (Å²) in [5, 5.41) is 7.79. The maximum Gasteiger partial charge on any atom is 0.126 e. The van der Waals surface area contributed by atoms with Gasteiger partial charge in [0.15, 0.2) is 0 Å². The summed E-state index contributed by atoms with van der Waals surface area (Å²) in [5.41, 5.74) is 2.82. The predicted octanol–water partition coefficient (Wildman–Crippen LogP) is 3.16. The Morgan fingerprint density at radius 3 is 2.79 bits per heavy atom. The zero-order valence-electron chi connectivity index (χ0n) is 11.7. The third-order valence-corrected chi connectivity index (χ3v) is 3.13. The fourth-order valence-corrected chi connectivity index (χ4v) is 2.23. The van der Waals surface area contributed by atoms with E-state index < -0.39 is 0 Å². The molecule has 2 aromatic rings. The Bertz CT molecular complexity index is 548. The van der Waals surface area contributed by atoms with Crippen molar-refractivity contribution in [3.63, 3.8) is 0 Å². The summed E-state index contributed by atoms with van der Waals surface area (Å²) in [4.78, 5) is 0. The van der Waals surface area contributed by atoms with Crippen LogP contribution in [0.3, 0.4) is 0 Å². The second-order valence-electron chi connectivity index (χ2n) is 4.86. The molecule has 0 aliphatic heterocycles. The molecule has 4 heteroatoms. The van der Waals surface area contributed by atoms with Crippen molar-refractivity contribution in [2.45, 2.75) is 32.7 Å². The highest BCUT2D eigenvalue weighted by Gasteiger charge is 2.11. The minimum absolute atomic E-state index is 0.141. The summed E-state index contributed by atoms with van der Waals surface area (Å²) < 4.78 is 15.4. The average molecular weight is 261 g/mol. The lowest BCUT2D eigenvalue weighted by atomic mass is 10.1. The summed E-state index contributed by atoms with van der Waals surface area (Å²) in [6.07, 6.45) is 3.51. The van der Waals surface area contributed by atoms with Crippen LogP contribution in [-0.2, 0) is 19.9 Å². The Morgan fingerprint density at radius 2 is 2.11 bits per heavy atom. The molecule has 1 aromatic carbocycles. The number of aromatic nitrogens is 2. The Labute approximate surface area is 113 Å². The lowest BCUT2D eigenvalue weighted by molar-refractivity contribution is 0.601. The standard InChI is InChI=1S/C15H20FN3/c1-4-14-15(10-19(3)18-14)17-11(2)9-12-7-5-6-8-13(12)16/h5-8,10-11,17H,4,9H2,1-3H3. The van der Waals surface area contributed by atoms with Crippen LogP contribution in [0.1, 0.15) is 25.1 Å². The van der Waals surface area contributed by atoms with Crippen LogP contribution < -0.4 is 5.32 Å². The van der Waals surface area contributed by atoms with Gasteiger partial charge in [-0.1, -0.05) is 25.1 Å². The zero-order chi connectivity index (χ0) is 13.8. The topological polar surface area (TPSA) is 29.9 Å². The number of hydrogen-bond donors (Lipinski definition) is 1. The normalized spacial score (nSPS) is 12.4. The fourth-order valence-electron chi connectivity index (χ4n) is 2.23. The highest BCUT2D eigenvalue weighted by molar-refractivity contribution is 5.47. The Morgan fingerprint density at radius 1 is 1.37 bits per heavy atom. The maximum absolute atomic E-state index is 13.6. The molecule has 1 unspecified atom stereocenters. The number of hydrogen-bond acceptors (Lipinski definition) is 2. The van der Waals surface area contributed by atoms with Gasteiger partial charge in [0.05, 0.1) is 11.4 Å². The Balaban J connectivity index is 2.05. The van der Waals surface area contributed by atoms with Crippen LogP contribution in [-0.4, -0.2) is 15.8 Å². The summed E-state index contributed by atoms with van der Waals surface area (Å²) in [6.45, 7) is 4.13. The number of nitrogens with zero attached hydrogens (tertiary/aromatic N) is 2. The van der Waals surface area contributed by atoms with E-state index in [9.17, 15) is 4.39 Å². The fraction of sp³-hybridized carbons (Fsp3) is 0.400. The molecule has 0 spiro atoms. The molecule has 0 bridgehead atoms. The number of anilines is 1. The first-order valence-corrected chi connectivity index (χ1v) is 6.62. The Kier molecular flexibility index (Phi) is 4.20. The van der Waals surface area contributed by atoms with Gasteiger partial charge in [-0.05, 0) is 31.4 Å². The summed E-state index contributed by atoms with van der Waals surface area (Å²) in [5.74, 6) is -0.141. The largest absolute Gasteiger partial charge is 0.379 e. The van der Waals surface area contributed by atoms with Gasteiger partial charge in [0.25, 0.3) is 0 Å². The van der Waals surface area contributed by atoms with E-state index in [1.54, 1.807) is 10.7 Å². The molecule has 19 heavy (non-hydrogen) atoms. The van der Waals surface area contributed by atoms with Gasteiger partial charge in [0, 0.05) is 19.3 Å². The minimum atomic E-state index is -0.141. The van der Waals surface area contributed by atoms with E-state index >= 15 is 0 Å². The molecule has 1 heterocycles. The molecule has 0 amide bonds. The maximum atomic E-state index is 13.6. The lowest BCUT2D eigenvalue weighted by Gasteiger charge is -2.15. The molecule has 0 saturated carbocycles. The molecule has 3 nitrogen and oxygen atoms in total. The van der Waals surface area contributed by atoms with E-state index in [4.69, 9.17) is 0 Å². The second kappa shape index (κ2) is 5.87. The predicted molar refractivity (Wildman–Crippen MR) is 75.8 cm³/mol. The van der Waals surface area contributed by atoms with Gasteiger partial charge in [-0.3, -0.25) is 4.68 Å². The van der Waals surface area contributed by atoms with Gasteiger partial charge in [-0.2, -0.15) is 5.10 Å². The van der Waals surface area contributed by atoms with Crippen LogP contribution in [0.2, 0.25) is 0 Å². The van der Waals surface area contributed by atoms with Crippen molar-refractivity contribution < 1.29 is 4.39 Å². The van der Waals surface area contributed by atoms with Crippen molar-refractivity contribution in [1.82, 2.24) is 9.78 Å². The molecule has 102 valence electrons. The van der Waals surface area contributed by atoms with Crippen molar-refractivity contribution in [2.75, 3.05) is 5.32 Å². The first-order valence-electron chi connectivity index (χ1n) is 6.62. The van der Waals surface area contributed by atoms with Crippen molar-refractivity contribution >= 4 is 5.69 Å². The molecule has 0 aliphatic rings. The lowest BCUT2D eigenvalue weighted by Crippen LogP contribution is -2.19. The van der Waals surface area contributed by atoms with E-state index in [0.29, 0.717) is 6.42 Å². The van der Waals surface area contributed by atoms with Crippen LogP contribution >= 0.6 is 0 Å². The molecule has 2 rings (SSSR count). The quantitative estimate of drug-likeness (QED) is 0.896. The molecule has 1 aromatic heterocycles. The first-order chi connectivity index (χ1) is 9.10. The number of halogens is 1. The van der Waals surface area contributed by atoms with Gasteiger partial charge in [0.2, 0.25) is 0 Å². The highest BCUT2D eigenvalue weighted by atomic mass is 19.1.